The summed E-state index contributed by atoms with van der Waals surface area (Å²) in [4.78, 5) is 2.33. The molecule has 2 aliphatic carbocycles. The molecule has 168 valence electrons. The standard InChI is InChI=1S/C28H37Cl2N/c1-2-20-31(22-15-23-10-4-3-5-11-23)21-7-12-24-25(27(29)16-8-17-27)13-6-14-26(24)28(30)18-9-19-28/h3-6,10-11,13-14H,2,7-9,12,15-22H2,1H3. The molecule has 0 radical (unpaired) electrons. The predicted octanol–water partition coefficient (Wildman–Crippen LogP) is 7.81. The van der Waals surface area contributed by atoms with E-state index in [9.17, 15) is 0 Å². The van der Waals surface area contributed by atoms with Crippen LogP contribution in [0.3, 0.4) is 0 Å². The summed E-state index contributed by atoms with van der Waals surface area (Å²) in [6, 6.07) is 17.6. The first-order chi connectivity index (χ1) is 15.0. The molecule has 31 heavy (non-hydrogen) atoms. The minimum atomic E-state index is -0.154. The summed E-state index contributed by atoms with van der Waals surface area (Å²) < 4.78 is 0. The molecule has 0 aliphatic heterocycles. The Morgan fingerprint density at radius 3 is 1.87 bits per heavy atom. The first kappa shape index (κ1) is 23.1. The number of alkyl halides is 2. The Labute approximate surface area is 199 Å². The van der Waals surface area contributed by atoms with Gasteiger partial charge in [-0.05, 0) is 99.6 Å². The van der Waals surface area contributed by atoms with Crippen molar-refractivity contribution in [3.8, 4) is 0 Å². The van der Waals surface area contributed by atoms with Crippen LogP contribution in [0.1, 0.15) is 80.5 Å². The molecule has 2 saturated carbocycles. The van der Waals surface area contributed by atoms with E-state index in [0.717, 1.165) is 51.6 Å². The zero-order chi connectivity index (χ0) is 21.7. The molecule has 0 bridgehead atoms. The van der Waals surface area contributed by atoms with E-state index in [1.165, 1.54) is 54.5 Å². The second-order valence-corrected chi connectivity index (χ2v) is 11.1. The van der Waals surface area contributed by atoms with Gasteiger partial charge in [-0.2, -0.15) is 0 Å². The predicted molar refractivity (Wildman–Crippen MR) is 134 cm³/mol. The quantitative estimate of drug-likeness (QED) is 0.310. The first-order valence-electron chi connectivity index (χ1n) is 12.3. The van der Waals surface area contributed by atoms with Crippen molar-refractivity contribution in [1.82, 2.24) is 4.90 Å². The monoisotopic (exact) mass is 457 g/mol. The fraction of sp³-hybridized carbons (Fsp3) is 0.571. The van der Waals surface area contributed by atoms with Gasteiger partial charge in [0.1, 0.15) is 0 Å². The van der Waals surface area contributed by atoms with E-state index in [4.69, 9.17) is 23.2 Å². The maximum absolute atomic E-state index is 7.08. The molecule has 1 nitrogen and oxygen atoms in total. The summed E-state index contributed by atoms with van der Waals surface area (Å²) in [5.41, 5.74) is 5.64. The van der Waals surface area contributed by atoms with Gasteiger partial charge in [0.05, 0.1) is 9.75 Å². The largest absolute Gasteiger partial charge is 0.303 e. The number of rotatable bonds is 11. The second kappa shape index (κ2) is 10.3. The van der Waals surface area contributed by atoms with Crippen LogP contribution < -0.4 is 0 Å². The summed E-state index contributed by atoms with van der Waals surface area (Å²) in [5, 5.41) is 0. The highest BCUT2D eigenvalue weighted by molar-refractivity contribution is 6.25. The van der Waals surface area contributed by atoms with Gasteiger partial charge in [0.15, 0.2) is 0 Å². The molecular formula is C28H37Cl2N. The summed E-state index contributed by atoms with van der Waals surface area (Å²) >= 11 is 14.2. The number of halogens is 2. The SMILES string of the molecule is CCCN(CCCc1c(C2(Cl)CCC2)cccc1C1(Cl)CCC1)CCc1ccccc1. The van der Waals surface area contributed by atoms with Crippen LogP contribution in [-0.4, -0.2) is 24.5 Å². The summed E-state index contributed by atoms with van der Waals surface area (Å²) in [6.45, 7) is 5.72. The molecule has 4 rings (SSSR count). The van der Waals surface area contributed by atoms with Crippen LogP contribution in [0, 0.1) is 0 Å². The van der Waals surface area contributed by atoms with Gasteiger partial charge in [-0.15, -0.1) is 23.2 Å². The Bertz CT molecular complexity index is 801. The van der Waals surface area contributed by atoms with Crippen LogP contribution in [0.4, 0.5) is 0 Å². The van der Waals surface area contributed by atoms with Gasteiger partial charge in [-0.1, -0.05) is 55.5 Å². The van der Waals surface area contributed by atoms with E-state index in [-0.39, 0.29) is 9.75 Å². The second-order valence-electron chi connectivity index (χ2n) is 9.65. The van der Waals surface area contributed by atoms with E-state index in [1.54, 1.807) is 0 Å². The Balaban J connectivity index is 1.45. The van der Waals surface area contributed by atoms with E-state index in [0.29, 0.717) is 0 Å². The van der Waals surface area contributed by atoms with Gasteiger partial charge in [-0.3, -0.25) is 0 Å². The minimum Gasteiger partial charge on any atom is -0.303 e. The molecular weight excluding hydrogens is 421 g/mol. The summed E-state index contributed by atoms with van der Waals surface area (Å²) in [5.74, 6) is 0. The van der Waals surface area contributed by atoms with Crippen molar-refractivity contribution in [2.75, 3.05) is 19.6 Å². The summed E-state index contributed by atoms with van der Waals surface area (Å²) in [7, 11) is 0. The maximum Gasteiger partial charge on any atom is 0.0697 e. The van der Waals surface area contributed by atoms with Crippen LogP contribution in [0.15, 0.2) is 48.5 Å². The van der Waals surface area contributed by atoms with Gasteiger partial charge < -0.3 is 4.90 Å². The normalized spacial score (nSPS) is 19.1. The fourth-order valence-corrected chi connectivity index (χ4v) is 6.16. The number of nitrogens with zero attached hydrogens (tertiary/aromatic N) is 1. The van der Waals surface area contributed by atoms with Crippen molar-refractivity contribution in [3.05, 3.63) is 70.8 Å². The Morgan fingerprint density at radius 2 is 1.35 bits per heavy atom. The van der Waals surface area contributed by atoms with Crippen LogP contribution in [0.2, 0.25) is 0 Å². The molecule has 3 heteroatoms. The van der Waals surface area contributed by atoms with Gasteiger partial charge in [0.25, 0.3) is 0 Å². The molecule has 2 aromatic carbocycles. The lowest BCUT2D eigenvalue weighted by molar-refractivity contribution is 0.273. The van der Waals surface area contributed by atoms with E-state index in [1.807, 2.05) is 0 Å². The Hall–Kier alpha value is -1.02. The zero-order valence-corrected chi connectivity index (χ0v) is 20.5. The van der Waals surface area contributed by atoms with E-state index in [2.05, 4.69) is 60.4 Å². The average molecular weight is 459 g/mol. The molecule has 0 atom stereocenters. The van der Waals surface area contributed by atoms with Crippen molar-refractivity contribution in [3.63, 3.8) is 0 Å². The highest BCUT2D eigenvalue weighted by Gasteiger charge is 2.42. The highest BCUT2D eigenvalue weighted by atomic mass is 35.5. The average Bonchev–Trinajstić information content (AvgIpc) is 2.75. The van der Waals surface area contributed by atoms with E-state index >= 15 is 0 Å². The van der Waals surface area contributed by atoms with Crippen LogP contribution in [0.5, 0.6) is 0 Å². The third-order valence-corrected chi connectivity index (χ3v) is 8.60. The first-order valence-corrected chi connectivity index (χ1v) is 13.1. The molecule has 0 N–H and O–H groups in total. The van der Waals surface area contributed by atoms with Crippen LogP contribution in [-0.2, 0) is 22.6 Å². The topological polar surface area (TPSA) is 3.24 Å². The number of hydrogen-bond acceptors (Lipinski definition) is 1. The van der Waals surface area contributed by atoms with Gasteiger partial charge >= 0.3 is 0 Å². The molecule has 0 aromatic heterocycles. The molecule has 0 spiro atoms. The smallest absolute Gasteiger partial charge is 0.0697 e. The lowest BCUT2D eigenvalue weighted by atomic mass is 9.71. The molecule has 0 unspecified atom stereocenters. The zero-order valence-electron chi connectivity index (χ0n) is 19.0. The van der Waals surface area contributed by atoms with Crippen LogP contribution >= 0.6 is 23.2 Å². The van der Waals surface area contributed by atoms with Crippen molar-refractivity contribution >= 4 is 23.2 Å². The molecule has 0 amide bonds. The third-order valence-electron chi connectivity index (χ3n) is 7.43. The minimum absolute atomic E-state index is 0.154. The van der Waals surface area contributed by atoms with Gasteiger partial charge in [0, 0.05) is 6.54 Å². The van der Waals surface area contributed by atoms with Gasteiger partial charge in [0.2, 0.25) is 0 Å². The maximum atomic E-state index is 7.08. The Kier molecular flexibility index (Phi) is 7.68. The lowest BCUT2D eigenvalue weighted by Crippen LogP contribution is -2.34. The molecule has 0 heterocycles. The van der Waals surface area contributed by atoms with Crippen LogP contribution in [0.25, 0.3) is 0 Å². The number of benzene rings is 2. The third kappa shape index (κ3) is 5.32. The van der Waals surface area contributed by atoms with Crippen molar-refractivity contribution in [2.45, 2.75) is 80.9 Å². The fourth-order valence-electron chi connectivity index (χ4n) is 5.27. The lowest BCUT2D eigenvalue weighted by Gasteiger charge is -2.42. The van der Waals surface area contributed by atoms with Gasteiger partial charge in [-0.25, -0.2) is 0 Å². The summed E-state index contributed by atoms with van der Waals surface area (Å²) in [6.07, 6.45) is 11.4. The highest BCUT2D eigenvalue weighted by Crippen LogP contribution is 2.53. The molecule has 2 fully saturated rings. The van der Waals surface area contributed by atoms with Crippen molar-refractivity contribution in [2.24, 2.45) is 0 Å². The van der Waals surface area contributed by atoms with E-state index < -0.39 is 0 Å². The molecule has 2 aromatic rings. The molecule has 2 aliphatic rings. The number of hydrogen-bond donors (Lipinski definition) is 0. The van der Waals surface area contributed by atoms with Crippen molar-refractivity contribution in [1.29, 1.82) is 0 Å². The molecule has 0 saturated heterocycles. The van der Waals surface area contributed by atoms with Crippen molar-refractivity contribution < 1.29 is 0 Å². The Morgan fingerprint density at radius 1 is 0.742 bits per heavy atom.